The number of ether oxygens (including phenoxy) is 1. The third kappa shape index (κ3) is 9.30. The highest BCUT2D eigenvalue weighted by Gasteiger charge is 2.32. The molecule has 0 aliphatic rings. The van der Waals surface area contributed by atoms with Crippen LogP contribution < -0.4 is 15.4 Å². The van der Waals surface area contributed by atoms with Gasteiger partial charge in [-0.15, -0.1) is 0 Å². The smallest absolute Gasteiger partial charge is 0.258 e. The summed E-state index contributed by atoms with van der Waals surface area (Å²) < 4.78 is 36.0. The summed E-state index contributed by atoms with van der Waals surface area (Å²) in [5.74, 6) is -0.232. The minimum Gasteiger partial charge on any atom is -0.483 e. The van der Waals surface area contributed by atoms with Crippen molar-refractivity contribution < 1.29 is 27.9 Å². The summed E-state index contributed by atoms with van der Waals surface area (Å²) in [6, 6.07) is 22.1. The topological polar surface area (TPSA) is 151 Å². The van der Waals surface area contributed by atoms with E-state index >= 15 is 0 Å². The van der Waals surface area contributed by atoms with Crippen LogP contribution in [0.5, 0.6) is 5.75 Å². The quantitative estimate of drug-likeness (QED) is 0.131. The summed E-state index contributed by atoms with van der Waals surface area (Å²) in [5, 5.41) is 17.6. The monoisotopic (exact) mass is 715 g/mol. The molecule has 0 aliphatic heterocycles. The normalized spacial score (nSPS) is 12.9. The molecule has 3 aromatic carbocycles. The number of carbonyl (C=O) groups is 2. The molecular weight excluding hydrogens is 675 g/mol. The fourth-order valence-electron chi connectivity index (χ4n) is 5.52. The zero-order valence-electron chi connectivity index (χ0n) is 28.4. The second-order valence-corrected chi connectivity index (χ2v) is 15.5. The van der Waals surface area contributed by atoms with Crippen molar-refractivity contribution in [3.05, 3.63) is 114 Å². The highest BCUT2D eigenvalue weighted by Crippen LogP contribution is 2.30. The zero-order valence-corrected chi connectivity index (χ0v) is 30.0. The molecule has 0 spiro atoms. The Labute approximate surface area is 296 Å². The zero-order chi connectivity index (χ0) is 35.8. The van der Waals surface area contributed by atoms with E-state index in [4.69, 9.17) is 4.74 Å². The fourth-order valence-corrected chi connectivity index (χ4v) is 8.14. The largest absolute Gasteiger partial charge is 0.483 e. The van der Waals surface area contributed by atoms with Gasteiger partial charge in [0.05, 0.1) is 27.3 Å². The molecule has 2 amide bonds. The van der Waals surface area contributed by atoms with Crippen molar-refractivity contribution in [2.45, 2.75) is 51.2 Å². The first-order chi connectivity index (χ1) is 23.9. The highest BCUT2D eigenvalue weighted by molar-refractivity contribution is 7.89. The number of nitrogens with one attached hydrogen (secondary N) is 2. The molecule has 262 valence electrons. The standard InChI is InChI=1S/C37H41N5O6S2/c1-24(2)21-42(50(46,47)29-13-14-30-33(20-29)49-37(40-30)41-36(45)28-15-17-38-18-16-28)22-32(43)31(19-27-11-6-5-7-12-27)39-34(44)23-48-35-25(3)9-8-10-26(35)4/h5-18,20,24,31-32,43H,19,21-23H2,1-4H3,(H,39,44)(H,40,41,45)/t31-,32+/m0/s1. The maximum absolute atomic E-state index is 14.2. The van der Waals surface area contributed by atoms with E-state index in [-0.39, 0.29) is 42.8 Å². The molecule has 0 aliphatic carbocycles. The van der Waals surface area contributed by atoms with E-state index in [0.717, 1.165) is 28.0 Å². The van der Waals surface area contributed by atoms with Crippen molar-refractivity contribution in [1.82, 2.24) is 19.6 Å². The van der Waals surface area contributed by atoms with E-state index in [1.165, 1.54) is 28.8 Å². The number of rotatable bonds is 15. The first-order valence-electron chi connectivity index (χ1n) is 16.2. The number of anilines is 1. The Morgan fingerprint density at radius 3 is 2.32 bits per heavy atom. The van der Waals surface area contributed by atoms with E-state index in [0.29, 0.717) is 26.7 Å². The molecule has 0 bridgehead atoms. The summed E-state index contributed by atoms with van der Waals surface area (Å²) >= 11 is 1.16. The van der Waals surface area contributed by atoms with Crippen molar-refractivity contribution in [3.63, 3.8) is 0 Å². The highest BCUT2D eigenvalue weighted by atomic mass is 32.2. The molecule has 0 saturated heterocycles. The molecule has 11 nitrogen and oxygen atoms in total. The number of aromatic nitrogens is 2. The van der Waals surface area contributed by atoms with E-state index < -0.39 is 28.1 Å². The van der Waals surface area contributed by atoms with Gasteiger partial charge in [-0.25, -0.2) is 13.4 Å². The van der Waals surface area contributed by atoms with Crippen LogP contribution in [0.1, 0.15) is 40.9 Å². The first kappa shape index (κ1) is 36.6. The number of carbonyl (C=O) groups excluding carboxylic acids is 2. The van der Waals surface area contributed by atoms with Gasteiger partial charge in [0, 0.05) is 31.0 Å². The minimum atomic E-state index is -4.11. The second kappa shape index (κ2) is 16.3. The Hall–Kier alpha value is -4.69. The summed E-state index contributed by atoms with van der Waals surface area (Å²) in [7, 11) is -4.11. The van der Waals surface area contributed by atoms with Gasteiger partial charge in [0.1, 0.15) is 5.75 Å². The van der Waals surface area contributed by atoms with E-state index in [1.807, 2.05) is 76.2 Å². The van der Waals surface area contributed by atoms with E-state index in [9.17, 15) is 23.1 Å². The lowest BCUT2D eigenvalue weighted by molar-refractivity contribution is -0.124. The number of fused-ring (bicyclic) bond motifs is 1. The van der Waals surface area contributed by atoms with Gasteiger partial charge in [0.2, 0.25) is 10.0 Å². The van der Waals surface area contributed by atoms with Crippen molar-refractivity contribution in [3.8, 4) is 5.75 Å². The third-order valence-corrected chi connectivity index (χ3v) is 10.7. The number of amides is 2. The minimum absolute atomic E-state index is 0.0270. The Kier molecular flexibility index (Phi) is 12.0. The summed E-state index contributed by atoms with van der Waals surface area (Å²) in [6.45, 7) is 7.20. The number of sulfonamides is 1. The number of aliphatic hydroxyl groups is 1. The molecule has 2 heterocycles. The second-order valence-electron chi connectivity index (χ2n) is 12.5. The molecule has 5 aromatic rings. The number of thiazole rings is 1. The predicted molar refractivity (Wildman–Crippen MR) is 195 cm³/mol. The van der Waals surface area contributed by atoms with Crippen molar-refractivity contribution in [2.75, 3.05) is 25.0 Å². The summed E-state index contributed by atoms with van der Waals surface area (Å²) in [4.78, 5) is 34.2. The third-order valence-electron chi connectivity index (χ3n) is 7.99. The maximum Gasteiger partial charge on any atom is 0.258 e. The van der Waals surface area contributed by atoms with Crippen LogP contribution in [0.3, 0.4) is 0 Å². The van der Waals surface area contributed by atoms with Crippen LogP contribution >= 0.6 is 11.3 Å². The average molecular weight is 716 g/mol. The molecule has 5 rings (SSSR count). The lowest BCUT2D eigenvalue weighted by atomic mass is 10.0. The molecule has 0 fully saturated rings. The molecule has 2 atom stereocenters. The number of hydrogen-bond donors (Lipinski definition) is 3. The number of aliphatic hydroxyl groups excluding tert-OH is 1. The van der Waals surface area contributed by atoms with Gasteiger partial charge >= 0.3 is 0 Å². The van der Waals surface area contributed by atoms with Crippen LogP contribution in [-0.2, 0) is 21.2 Å². The Morgan fingerprint density at radius 2 is 1.64 bits per heavy atom. The Balaban J connectivity index is 1.35. The molecule has 0 radical (unpaired) electrons. The SMILES string of the molecule is Cc1cccc(C)c1OCC(=O)N[C@@H](Cc1ccccc1)[C@H](O)CN(CC(C)C)S(=O)(=O)c1ccc2nc(NC(=O)c3ccncc3)sc2c1. The van der Waals surface area contributed by atoms with Crippen LogP contribution in [0.2, 0.25) is 0 Å². The summed E-state index contributed by atoms with van der Waals surface area (Å²) in [5.41, 5.74) is 3.61. The number of para-hydroxylation sites is 1. The number of pyridine rings is 1. The van der Waals surface area contributed by atoms with Gasteiger partial charge in [-0.3, -0.25) is 19.9 Å². The predicted octanol–water partition coefficient (Wildman–Crippen LogP) is 5.37. The molecule has 0 unspecified atom stereocenters. The van der Waals surface area contributed by atoms with Crippen LogP contribution in [-0.4, -0.2) is 71.5 Å². The molecule has 0 saturated carbocycles. The van der Waals surface area contributed by atoms with Gasteiger partial charge in [-0.05, 0) is 73.2 Å². The van der Waals surface area contributed by atoms with Gasteiger partial charge in [0.15, 0.2) is 11.7 Å². The fraction of sp³-hybridized carbons (Fsp3) is 0.297. The number of benzene rings is 3. The Morgan fingerprint density at radius 1 is 0.940 bits per heavy atom. The average Bonchev–Trinajstić information content (AvgIpc) is 3.49. The van der Waals surface area contributed by atoms with E-state index in [2.05, 4.69) is 20.6 Å². The molecular formula is C37H41N5O6S2. The van der Waals surface area contributed by atoms with Crippen molar-refractivity contribution in [2.24, 2.45) is 5.92 Å². The lowest BCUT2D eigenvalue weighted by Gasteiger charge is -2.30. The van der Waals surface area contributed by atoms with Crippen LogP contribution in [0.15, 0.2) is 96.2 Å². The maximum atomic E-state index is 14.2. The van der Waals surface area contributed by atoms with Crippen molar-refractivity contribution >= 4 is 48.5 Å². The van der Waals surface area contributed by atoms with Gasteiger partial charge in [-0.1, -0.05) is 73.7 Å². The number of hydrogen-bond acceptors (Lipinski definition) is 9. The van der Waals surface area contributed by atoms with E-state index in [1.54, 1.807) is 18.2 Å². The number of nitrogens with zero attached hydrogens (tertiary/aromatic N) is 3. The summed E-state index contributed by atoms with van der Waals surface area (Å²) in [6.07, 6.45) is 2.05. The first-order valence-corrected chi connectivity index (χ1v) is 18.5. The molecule has 2 aromatic heterocycles. The van der Waals surface area contributed by atoms with Crippen LogP contribution in [0.4, 0.5) is 5.13 Å². The number of aryl methyl sites for hydroxylation is 2. The Bertz CT molecular complexity index is 2020. The molecule has 50 heavy (non-hydrogen) atoms. The lowest BCUT2D eigenvalue weighted by Crippen LogP contribution is -2.52. The van der Waals surface area contributed by atoms with Gasteiger partial charge in [0.25, 0.3) is 11.8 Å². The van der Waals surface area contributed by atoms with Gasteiger partial charge < -0.3 is 15.2 Å². The van der Waals surface area contributed by atoms with Gasteiger partial charge in [-0.2, -0.15) is 4.31 Å². The molecule has 13 heteroatoms. The van der Waals surface area contributed by atoms with Crippen LogP contribution in [0.25, 0.3) is 10.2 Å². The molecule has 3 N–H and O–H groups in total. The van der Waals surface area contributed by atoms with Crippen LogP contribution in [0, 0.1) is 19.8 Å². The van der Waals surface area contributed by atoms with Crippen molar-refractivity contribution in [1.29, 1.82) is 0 Å².